The smallest absolute Gasteiger partial charge is 0.119 e. The van der Waals surface area contributed by atoms with Crippen LogP contribution in [0.25, 0.3) is 0 Å². The van der Waals surface area contributed by atoms with E-state index in [0.29, 0.717) is 5.75 Å². The van der Waals surface area contributed by atoms with Crippen molar-refractivity contribution in [2.24, 2.45) is 0 Å². The van der Waals surface area contributed by atoms with E-state index in [-0.39, 0.29) is 6.04 Å². The Morgan fingerprint density at radius 2 is 2.14 bits per heavy atom. The van der Waals surface area contributed by atoms with Gasteiger partial charge in [0.05, 0.1) is 7.11 Å². The third-order valence-corrected chi connectivity index (χ3v) is 4.74. The van der Waals surface area contributed by atoms with E-state index >= 15 is 0 Å². The van der Waals surface area contributed by atoms with Crippen LogP contribution >= 0.6 is 15.9 Å². The van der Waals surface area contributed by atoms with Crippen molar-refractivity contribution in [2.75, 3.05) is 13.7 Å². The first-order valence-electron chi connectivity index (χ1n) is 7.05. The highest BCUT2D eigenvalue weighted by atomic mass is 79.9. The van der Waals surface area contributed by atoms with Crippen molar-refractivity contribution >= 4 is 15.9 Å². The second-order valence-corrected chi connectivity index (χ2v) is 6.16. The van der Waals surface area contributed by atoms with Crippen LogP contribution in [0.1, 0.15) is 22.7 Å². The highest BCUT2D eigenvalue weighted by Crippen LogP contribution is 2.31. The summed E-state index contributed by atoms with van der Waals surface area (Å²) in [5.41, 5.74) is 3.77. The lowest BCUT2D eigenvalue weighted by molar-refractivity contribution is 0.412. The van der Waals surface area contributed by atoms with E-state index in [1.54, 1.807) is 13.2 Å². The van der Waals surface area contributed by atoms with Gasteiger partial charge in [-0.3, -0.25) is 0 Å². The molecule has 2 N–H and O–H groups in total. The number of fused-ring (bicyclic) bond motifs is 1. The Morgan fingerprint density at radius 3 is 2.95 bits per heavy atom. The van der Waals surface area contributed by atoms with E-state index in [4.69, 9.17) is 4.74 Å². The predicted octanol–water partition coefficient (Wildman–Crippen LogP) is 3.59. The lowest BCUT2D eigenvalue weighted by atomic mass is 9.90. The summed E-state index contributed by atoms with van der Waals surface area (Å²) in [6.45, 7) is 0.960. The summed E-state index contributed by atoms with van der Waals surface area (Å²) in [7, 11) is 1.70. The normalized spacial score (nSPS) is 17.3. The first-order chi connectivity index (χ1) is 10.2. The zero-order valence-corrected chi connectivity index (χ0v) is 13.5. The fourth-order valence-electron chi connectivity index (χ4n) is 2.88. The largest absolute Gasteiger partial charge is 0.508 e. The number of methoxy groups -OCH3 is 1. The fourth-order valence-corrected chi connectivity index (χ4v) is 3.28. The van der Waals surface area contributed by atoms with Crippen LogP contribution in [0.3, 0.4) is 0 Å². The standard InChI is InChI=1S/C17H18BrNO2/c1-21-14-3-4-15-11(9-14)6-7-19-17(15)10-12-8-13(20)2-5-16(12)18/h2-5,8-9,17,19-20H,6-7,10H2,1H3. The number of ether oxygens (including phenoxy) is 1. The number of aromatic hydroxyl groups is 1. The summed E-state index contributed by atoms with van der Waals surface area (Å²) in [6, 6.07) is 11.9. The molecule has 3 nitrogen and oxygen atoms in total. The summed E-state index contributed by atoms with van der Waals surface area (Å²) >= 11 is 3.56. The number of benzene rings is 2. The maximum absolute atomic E-state index is 9.67. The van der Waals surface area contributed by atoms with Gasteiger partial charge in [-0.1, -0.05) is 22.0 Å². The van der Waals surface area contributed by atoms with Gasteiger partial charge in [0.25, 0.3) is 0 Å². The Labute approximate surface area is 133 Å². The minimum absolute atomic E-state index is 0.262. The Morgan fingerprint density at radius 1 is 1.29 bits per heavy atom. The molecule has 0 fully saturated rings. The first kappa shape index (κ1) is 14.4. The minimum atomic E-state index is 0.262. The Bertz CT molecular complexity index is 657. The van der Waals surface area contributed by atoms with E-state index in [0.717, 1.165) is 35.2 Å². The molecule has 0 saturated heterocycles. The Balaban J connectivity index is 1.90. The predicted molar refractivity (Wildman–Crippen MR) is 87.0 cm³/mol. The van der Waals surface area contributed by atoms with Gasteiger partial charge in [-0.25, -0.2) is 0 Å². The highest BCUT2D eigenvalue weighted by molar-refractivity contribution is 9.10. The van der Waals surface area contributed by atoms with Gasteiger partial charge in [0.1, 0.15) is 11.5 Å². The van der Waals surface area contributed by atoms with Crippen molar-refractivity contribution in [3.63, 3.8) is 0 Å². The Hall–Kier alpha value is -1.52. The van der Waals surface area contributed by atoms with Gasteiger partial charge in [0.15, 0.2) is 0 Å². The van der Waals surface area contributed by atoms with Crippen molar-refractivity contribution in [3.8, 4) is 11.5 Å². The third kappa shape index (κ3) is 3.06. The van der Waals surface area contributed by atoms with E-state index < -0.39 is 0 Å². The number of halogens is 1. The van der Waals surface area contributed by atoms with Gasteiger partial charge in [-0.2, -0.15) is 0 Å². The zero-order valence-electron chi connectivity index (χ0n) is 11.9. The van der Waals surface area contributed by atoms with Gasteiger partial charge < -0.3 is 15.2 Å². The monoisotopic (exact) mass is 347 g/mol. The molecule has 1 atom stereocenters. The molecule has 2 aromatic carbocycles. The first-order valence-corrected chi connectivity index (χ1v) is 7.84. The second-order valence-electron chi connectivity index (χ2n) is 5.30. The summed E-state index contributed by atoms with van der Waals surface area (Å²) in [6.07, 6.45) is 1.86. The number of phenols is 1. The number of phenolic OH excluding ortho intramolecular Hbond substituents is 1. The van der Waals surface area contributed by atoms with Crippen LogP contribution in [0.15, 0.2) is 40.9 Å². The number of nitrogens with one attached hydrogen (secondary N) is 1. The molecule has 1 heterocycles. The zero-order chi connectivity index (χ0) is 14.8. The van der Waals surface area contributed by atoms with Crippen LogP contribution in [0.4, 0.5) is 0 Å². The van der Waals surface area contributed by atoms with Crippen LogP contribution in [0.5, 0.6) is 11.5 Å². The summed E-state index contributed by atoms with van der Waals surface area (Å²) in [5, 5.41) is 13.2. The summed E-state index contributed by atoms with van der Waals surface area (Å²) in [5.74, 6) is 1.21. The maximum atomic E-state index is 9.67. The molecule has 21 heavy (non-hydrogen) atoms. The SMILES string of the molecule is COc1ccc2c(c1)CCNC2Cc1cc(O)ccc1Br. The quantitative estimate of drug-likeness (QED) is 0.891. The van der Waals surface area contributed by atoms with Crippen molar-refractivity contribution in [1.29, 1.82) is 0 Å². The molecule has 1 aliphatic heterocycles. The number of hydrogen-bond acceptors (Lipinski definition) is 3. The summed E-state index contributed by atoms with van der Waals surface area (Å²) in [4.78, 5) is 0. The van der Waals surface area contributed by atoms with E-state index in [2.05, 4.69) is 33.4 Å². The van der Waals surface area contributed by atoms with Gasteiger partial charge in [0.2, 0.25) is 0 Å². The molecule has 0 saturated carbocycles. The molecular weight excluding hydrogens is 330 g/mol. The molecule has 0 spiro atoms. The second kappa shape index (κ2) is 6.08. The Kier molecular flexibility index (Phi) is 4.17. The molecule has 0 bridgehead atoms. The maximum Gasteiger partial charge on any atom is 0.119 e. The number of hydrogen-bond donors (Lipinski definition) is 2. The molecule has 4 heteroatoms. The molecule has 2 aromatic rings. The molecular formula is C17H18BrNO2. The van der Waals surface area contributed by atoms with Gasteiger partial charge >= 0.3 is 0 Å². The van der Waals surface area contributed by atoms with Crippen LogP contribution in [-0.2, 0) is 12.8 Å². The minimum Gasteiger partial charge on any atom is -0.508 e. The average molecular weight is 348 g/mol. The third-order valence-electron chi connectivity index (χ3n) is 3.96. The van der Waals surface area contributed by atoms with Crippen molar-refractivity contribution in [2.45, 2.75) is 18.9 Å². The molecule has 0 radical (unpaired) electrons. The van der Waals surface area contributed by atoms with Crippen molar-refractivity contribution in [3.05, 3.63) is 57.6 Å². The van der Waals surface area contributed by atoms with Gasteiger partial charge in [0, 0.05) is 10.5 Å². The fraction of sp³-hybridized carbons (Fsp3) is 0.294. The van der Waals surface area contributed by atoms with E-state index in [1.807, 2.05) is 18.2 Å². The molecule has 3 rings (SSSR count). The average Bonchev–Trinajstić information content (AvgIpc) is 2.50. The molecule has 0 aromatic heterocycles. The molecule has 0 aliphatic carbocycles. The number of rotatable bonds is 3. The van der Waals surface area contributed by atoms with Crippen LogP contribution in [-0.4, -0.2) is 18.8 Å². The summed E-state index contributed by atoms with van der Waals surface area (Å²) < 4.78 is 6.34. The molecule has 1 unspecified atom stereocenters. The van der Waals surface area contributed by atoms with Crippen LogP contribution in [0, 0.1) is 0 Å². The van der Waals surface area contributed by atoms with Gasteiger partial charge in [-0.05, 0) is 66.4 Å². The van der Waals surface area contributed by atoms with E-state index in [1.165, 1.54) is 11.1 Å². The van der Waals surface area contributed by atoms with Crippen molar-refractivity contribution < 1.29 is 9.84 Å². The molecule has 0 amide bonds. The van der Waals surface area contributed by atoms with E-state index in [9.17, 15) is 5.11 Å². The highest BCUT2D eigenvalue weighted by Gasteiger charge is 2.21. The van der Waals surface area contributed by atoms with Gasteiger partial charge in [-0.15, -0.1) is 0 Å². The van der Waals surface area contributed by atoms with Crippen LogP contribution in [0.2, 0.25) is 0 Å². The lowest BCUT2D eigenvalue weighted by Crippen LogP contribution is -2.31. The molecule has 110 valence electrons. The topological polar surface area (TPSA) is 41.5 Å². The molecule has 1 aliphatic rings. The van der Waals surface area contributed by atoms with Crippen LogP contribution < -0.4 is 10.1 Å². The van der Waals surface area contributed by atoms with Crippen molar-refractivity contribution in [1.82, 2.24) is 5.32 Å². The lowest BCUT2D eigenvalue weighted by Gasteiger charge is -2.28.